The molecule has 1 aliphatic heterocycles. The van der Waals surface area contributed by atoms with E-state index in [2.05, 4.69) is 4.90 Å². The second kappa shape index (κ2) is 7.90. The first-order valence-corrected chi connectivity index (χ1v) is 11.2. The number of carbonyl (C=O) groups excluding carboxylic acids is 1. The zero-order valence-corrected chi connectivity index (χ0v) is 17.7. The largest absolute Gasteiger partial charge is 0.397 e. The van der Waals surface area contributed by atoms with Crippen LogP contribution in [0.3, 0.4) is 0 Å². The quantitative estimate of drug-likeness (QED) is 0.375. The number of nitrogens with two attached hydrogens (primary N) is 1. The summed E-state index contributed by atoms with van der Waals surface area (Å²) in [7, 11) is 0. The molecule has 2 aliphatic rings. The van der Waals surface area contributed by atoms with Crippen LogP contribution >= 0.6 is 11.3 Å². The number of nitro groups is 1. The Kier molecular flexibility index (Phi) is 5.07. The molecule has 0 amide bonds. The Morgan fingerprint density at radius 3 is 2.68 bits per heavy atom. The van der Waals surface area contributed by atoms with Gasteiger partial charge in [0.1, 0.15) is 15.5 Å². The van der Waals surface area contributed by atoms with E-state index in [0.717, 1.165) is 54.8 Å². The Hall–Kier alpha value is -3.04. The SMILES string of the molecule is Nc1c(C(=O)c2cccc([N+](=O)[O-])c2)sc2nc(N3CCOCC3)c3c(c12)CCCC3. The van der Waals surface area contributed by atoms with Crippen LogP contribution in [0, 0.1) is 10.1 Å². The monoisotopic (exact) mass is 438 g/mol. The third kappa shape index (κ3) is 3.43. The Labute approximate surface area is 182 Å². The van der Waals surface area contributed by atoms with Gasteiger partial charge >= 0.3 is 0 Å². The molecule has 5 rings (SSSR count). The third-order valence-corrected chi connectivity index (χ3v) is 7.11. The van der Waals surface area contributed by atoms with Crippen molar-refractivity contribution in [1.29, 1.82) is 0 Å². The highest BCUT2D eigenvalue weighted by molar-refractivity contribution is 7.21. The van der Waals surface area contributed by atoms with E-state index in [1.54, 1.807) is 6.07 Å². The van der Waals surface area contributed by atoms with Crippen molar-refractivity contribution in [3.63, 3.8) is 0 Å². The number of thiophene rings is 1. The smallest absolute Gasteiger partial charge is 0.270 e. The number of nitrogens with zero attached hydrogens (tertiary/aromatic N) is 3. The molecule has 0 spiro atoms. The first-order valence-electron chi connectivity index (χ1n) is 10.4. The summed E-state index contributed by atoms with van der Waals surface area (Å²) < 4.78 is 5.50. The van der Waals surface area contributed by atoms with Gasteiger partial charge in [-0.3, -0.25) is 14.9 Å². The van der Waals surface area contributed by atoms with Gasteiger partial charge in [-0.1, -0.05) is 12.1 Å². The first-order chi connectivity index (χ1) is 15.0. The van der Waals surface area contributed by atoms with Crippen LogP contribution in [0.15, 0.2) is 24.3 Å². The molecule has 3 heterocycles. The van der Waals surface area contributed by atoms with Crippen LogP contribution in [0.25, 0.3) is 10.2 Å². The number of aryl methyl sites for hydroxylation is 1. The molecule has 0 bridgehead atoms. The fourth-order valence-electron chi connectivity index (χ4n) is 4.49. The van der Waals surface area contributed by atoms with Crippen LogP contribution in [0.5, 0.6) is 0 Å². The molecule has 3 aromatic rings. The maximum Gasteiger partial charge on any atom is 0.270 e. The van der Waals surface area contributed by atoms with Gasteiger partial charge in [0, 0.05) is 36.2 Å². The van der Waals surface area contributed by atoms with E-state index in [1.165, 1.54) is 40.7 Å². The Balaban J connectivity index is 1.64. The van der Waals surface area contributed by atoms with Crippen molar-refractivity contribution in [3.8, 4) is 0 Å². The number of benzene rings is 1. The number of pyridine rings is 1. The predicted octanol–water partition coefficient (Wildman–Crippen LogP) is 3.73. The number of fused-ring (bicyclic) bond motifs is 3. The van der Waals surface area contributed by atoms with Crippen LogP contribution in [-0.2, 0) is 17.6 Å². The topological polar surface area (TPSA) is 112 Å². The van der Waals surface area contributed by atoms with E-state index >= 15 is 0 Å². The number of aromatic nitrogens is 1. The molecule has 0 atom stereocenters. The average Bonchev–Trinajstić information content (AvgIpc) is 3.15. The van der Waals surface area contributed by atoms with Crippen molar-refractivity contribution < 1.29 is 14.5 Å². The number of morpholine rings is 1. The van der Waals surface area contributed by atoms with Gasteiger partial charge in [0.25, 0.3) is 5.69 Å². The van der Waals surface area contributed by atoms with Crippen LogP contribution < -0.4 is 10.6 Å². The molecule has 160 valence electrons. The summed E-state index contributed by atoms with van der Waals surface area (Å²) in [4.78, 5) is 32.2. The van der Waals surface area contributed by atoms with Crippen LogP contribution in [0.1, 0.15) is 39.2 Å². The Morgan fingerprint density at radius 1 is 1.19 bits per heavy atom. The number of ether oxygens (including phenoxy) is 1. The van der Waals surface area contributed by atoms with E-state index in [9.17, 15) is 14.9 Å². The van der Waals surface area contributed by atoms with E-state index in [0.29, 0.717) is 23.8 Å². The van der Waals surface area contributed by atoms with Crippen molar-refractivity contribution in [2.24, 2.45) is 0 Å². The van der Waals surface area contributed by atoms with Crippen molar-refractivity contribution >= 4 is 44.5 Å². The molecule has 1 aliphatic carbocycles. The van der Waals surface area contributed by atoms with Gasteiger partial charge < -0.3 is 15.4 Å². The van der Waals surface area contributed by atoms with Gasteiger partial charge in [-0.05, 0) is 36.8 Å². The highest BCUT2D eigenvalue weighted by Gasteiger charge is 2.28. The second-order valence-electron chi connectivity index (χ2n) is 7.86. The molecule has 9 heteroatoms. The van der Waals surface area contributed by atoms with E-state index < -0.39 is 4.92 Å². The highest BCUT2D eigenvalue weighted by Crippen LogP contribution is 2.42. The molecule has 2 aromatic heterocycles. The van der Waals surface area contributed by atoms with E-state index in [4.69, 9.17) is 15.5 Å². The number of anilines is 2. The van der Waals surface area contributed by atoms with Gasteiger partial charge in [-0.15, -0.1) is 11.3 Å². The average molecular weight is 439 g/mol. The van der Waals surface area contributed by atoms with Crippen LogP contribution in [0.2, 0.25) is 0 Å². The molecule has 8 nitrogen and oxygen atoms in total. The lowest BCUT2D eigenvalue weighted by Crippen LogP contribution is -2.37. The van der Waals surface area contributed by atoms with Crippen molar-refractivity contribution in [1.82, 2.24) is 4.98 Å². The predicted molar refractivity (Wildman–Crippen MR) is 120 cm³/mol. The minimum Gasteiger partial charge on any atom is -0.397 e. The molecule has 1 aromatic carbocycles. The highest BCUT2D eigenvalue weighted by atomic mass is 32.1. The lowest BCUT2D eigenvalue weighted by atomic mass is 9.89. The Morgan fingerprint density at radius 2 is 1.94 bits per heavy atom. The second-order valence-corrected chi connectivity index (χ2v) is 8.86. The summed E-state index contributed by atoms with van der Waals surface area (Å²) in [5.41, 5.74) is 9.53. The van der Waals surface area contributed by atoms with Gasteiger partial charge in [0.05, 0.1) is 23.8 Å². The number of hydrogen-bond acceptors (Lipinski definition) is 8. The molecule has 0 radical (unpaired) electrons. The van der Waals surface area contributed by atoms with Gasteiger partial charge in [-0.2, -0.15) is 0 Å². The fraction of sp³-hybridized carbons (Fsp3) is 0.364. The number of hydrogen-bond donors (Lipinski definition) is 1. The molecular formula is C22H22N4O4S. The summed E-state index contributed by atoms with van der Waals surface area (Å²) in [6.07, 6.45) is 4.06. The van der Waals surface area contributed by atoms with Gasteiger partial charge in [0.15, 0.2) is 0 Å². The summed E-state index contributed by atoms with van der Waals surface area (Å²) >= 11 is 1.28. The molecule has 0 unspecified atom stereocenters. The molecule has 31 heavy (non-hydrogen) atoms. The maximum atomic E-state index is 13.2. The molecular weight excluding hydrogens is 416 g/mol. The maximum absolute atomic E-state index is 13.2. The number of rotatable bonds is 4. The zero-order chi connectivity index (χ0) is 21.5. The van der Waals surface area contributed by atoms with Crippen molar-refractivity contribution in [3.05, 3.63) is 55.9 Å². The van der Waals surface area contributed by atoms with Gasteiger partial charge in [-0.25, -0.2) is 4.98 Å². The van der Waals surface area contributed by atoms with E-state index in [-0.39, 0.29) is 17.0 Å². The molecule has 1 fully saturated rings. The zero-order valence-electron chi connectivity index (χ0n) is 16.9. The van der Waals surface area contributed by atoms with Crippen molar-refractivity contribution in [2.45, 2.75) is 25.7 Å². The summed E-state index contributed by atoms with van der Waals surface area (Å²) in [6, 6.07) is 5.78. The molecule has 1 saturated heterocycles. The number of carbonyl (C=O) groups is 1. The van der Waals surface area contributed by atoms with E-state index in [1.807, 2.05) is 0 Å². The third-order valence-electron chi connectivity index (χ3n) is 6.01. The van der Waals surface area contributed by atoms with Crippen LogP contribution in [0.4, 0.5) is 17.2 Å². The summed E-state index contributed by atoms with van der Waals surface area (Å²) in [5.74, 6) is 0.683. The standard InChI is InChI=1S/C22H22N4O4S/c23-18-17-15-6-1-2-7-16(15)21(25-8-10-30-11-9-25)24-22(17)31-20(18)19(27)13-4-3-5-14(12-13)26(28)29/h3-5,12H,1-2,6-11,23H2. The number of non-ortho nitro benzene ring substituents is 1. The van der Waals surface area contributed by atoms with Gasteiger partial charge in [0.2, 0.25) is 5.78 Å². The molecule has 0 saturated carbocycles. The fourth-order valence-corrected chi connectivity index (χ4v) is 5.57. The Bertz CT molecular complexity index is 1200. The summed E-state index contributed by atoms with van der Waals surface area (Å²) in [6.45, 7) is 2.95. The molecule has 2 N–H and O–H groups in total. The van der Waals surface area contributed by atoms with Crippen LogP contribution in [-0.4, -0.2) is 42.0 Å². The number of nitro benzene ring substituents is 1. The normalized spacial score (nSPS) is 16.3. The lowest BCUT2D eigenvalue weighted by Gasteiger charge is -2.31. The minimum absolute atomic E-state index is 0.115. The number of nitrogen functional groups attached to an aromatic ring is 1. The number of ketones is 1. The first kappa shape index (κ1) is 19.9. The summed E-state index contributed by atoms with van der Waals surface area (Å²) in [5, 5.41) is 12.0. The lowest BCUT2D eigenvalue weighted by molar-refractivity contribution is -0.384. The van der Waals surface area contributed by atoms with Crippen molar-refractivity contribution in [2.75, 3.05) is 36.9 Å². The minimum atomic E-state index is -0.502.